The first-order valence-electron chi connectivity index (χ1n) is 16.0. The molecule has 6 amide bonds. The Labute approximate surface area is 287 Å². The van der Waals surface area contributed by atoms with Crippen LogP contribution in [0, 0.1) is 5.82 Å². The largest absolute Gasteiger partial charge is 0.444 e. The number of urea groups is 1. The first-order valence-corrected chi connectivity index (χ1v) is 16.4. The molecular weight excluding hydrogens is 659 g/mol. The van der Waals surface area contributed by atoms with Gasteiger partial charge in [0.15, 0.2) is 5.69 Å². The van der Waals surface area contributed by atoms with Gasteiger partial charge in [0, 0.05) is 41.3 Å². The number of carbonyl (C=O) groups is 5. The summed E-state index contributed by atoms with van der Waals surface area (Å²) in [6.07, 6.45) is 1.71. The molecule has 2 aromatic carbocycles. The van der Waals surface area contributed by atoms with Gasteiger partial charge >= 0.3 is 12.1 Å². The number of alkyl carbamates (subject to hydrolysis) is 1. The molecule has 2 heterocycles. The van der Waals surface area contributed by atoms with Gasteiger partial charge in [-0.1, -0.05) is 23.7 Å². The quantitative estimate of drug-likeness (QED) is 0.249. The second-order valence-corrected chi connectivity index (χ2v) is 13.7. The van der Waals surface area contributed by atoms with Crippen LogP contribution in [0.5, 0.6) is 0 Å². The molecule has 1 aliphatic heterocycles. The number of nitrogens with zero attached hydrogens (tertiary/aromatic N) is 4. The maximum absolute atomic E-state index is 14.2. The Bertz CT molecular complexity index is 1770. The highest BCUT2D eigenvalue weighted by Crippen LogP contribution is 2.28. The van der Waals surface area contributed by atoms with Crippen LogP contribution < -0.4 is 21.7 Å². The molecule has 49 heavy (non-hydrogen) atoms. The summed E-state index contributed by atoms with van der Waals surface area (Å²) in [4.78, 5) is 67.0. The van der Waals surface area contributed by atoms with Gasteiger partial charge in [0.2, 0.25) is 11.8 Å². The Hall–Kier alpha value is -4.92. The SMILES string of the molecule is CC(C)(C)NC(=O)O[C@H]1CCCN(C(=O)Nc2ccc3c(c2)c(C(N)=O)nn3CC(=O)N(CC(=O)NCc2cccc(Cl)c2F)C2CC2)C1. The van der Waals surface area contributed by atoms with Crippen LogP contribution in [0.3, 0.4) is 0 Å². The molecule has 2 fully saturated rings. The summed E-state index contributed by atoms with van der Waals surface area (Å²) in [5.41, 5.74) is 6.10. The number of fused-ring (bicyclic) bond motifs is 1. The molecule has 1 aliphatic carbocycles. The van der Waals surface area contributed by atoms with Gasteiger partial charge in [-0.3, -0.25) is 19.1 Å². The van der Waals surface area contributed by atoms with Crippen LogP contribution in [-0.4, -0.2) is 86.7 Å². The number of primary amides is 1. The summed E-state index contributed by atoms with van der Waals surface area (Å²) in [7, 11) is 0. The normalized spacial score (nSPS) is 16.2. The predicted molar refractivity (Wildman–Crippen MR) is 179 cm³/mol. The number of halogens is 2. The van der Waals surface area contributed by atoms with Gasteiger partial charge in [0.25, 0.3) is 5.91 Å². The lowest BCUT2D eigenvalue weighted by molar-refractivity contribution is -0.137. The van der Waals surface area contributed by atoms with Crippen LogP contribution in [-0.2, 0) is 27.4 Å². The molecule has 5 N–H and O–H groups in total. The van der Waals surface area contributed by atoms with E-state index in [0.717, 1.165) is 12.8 Å². The highest BCUT2D eigenvalue weighted by atomic mass is 35.5. The number of amides is 6. The number of hydrogen-bond donors (Lipinski definition) is 4. The van der Waals surface area contributed by atoms with Crippen molar-refractivity contribution < 1.29 is 33.1 Å². The van der Waals surface area contributed by atoms with E-state index in [-0.39, 0.29) is 48.5 Å². The summed E-state index contributed by atoms with van der Waals surface area (Å²) in [6.45, 7) is 5.60. The zero-order valence-electron chi connectivity index (χ0n) is 27.6. The van der Waals surface area contributed by atoms with Gasteiger partial charge in [0.05, 0.1) is 23.6 Å². The van der Waals surface area contributed by atoms with Crippen LogP contribution >= 0.6 is 11.6 Å². The molecule has 3 aromatic rings. The molecule has 1 aromatic heterocycles. The number of nitrogens with two attached hydrogens (primary N) is 1. The van der Waals surface area contributed by atoms with Crippen LogP contribution in [0.15, 0.2) is 36.4 Å². The Morgan fingerprint density at radius 3 is 2.57 bits per heavy atom. The lowest BCUT2D eigenvalue weighted by Crippen LogP contribution is -2.48. The molecule has 0 radical (unpaired) electrons. The van der Waals surface area contributed by atoms with Crippen LogP contribution in [0.25, 0.3) is 10.9 Å². The van der Waals surface area contributed by atoms with E-state index in [1.807, 2.05) is 20.8 Å². The van der Waals surface area contributed by atoms with Crippen molar-refractivity contribution in [3.8, 4) is 0 Å². The van der Waals surface area contributed by atoms with E-state index in [1.165, 1.54) is 21.7 Å². The Morgan fingerprint density at radius 1 is 1.12 bits per heavy atom. The van der Waals surface area contributed by atoms with Crippen molar-refractivity contribution in [1.29, 1.82) is 0 Å². The number of anilines is 1. The summed E-state index contributed by atoms with van der Waals surface area (Å²) in [6, 6.07) is 8.74. The minimum Gasteiger partial charge on any atom is -0.444 e. The third-order valence-electron chi connectivity index (χ3n) is 8.07. The topological polar surface area (TPSA) is 181 Å². The second kappa shape index (κ2) is 14.7. The van der Waals surface area contributed by atoms with E-state index in [0.29, 0.717) is 36.0 Å². The number of piperidine rings is 1. The summed E-state index contributed by atoms with van der Waals surface area (Å²) in [5, 5.41) is 12.8. The smallest absolute Gasteiger partial charge is 0.407 e. The summed E-state index contributed by atoms with van der Waals surface area (Å²) >= 11 is 5.83. The third-order valence-corrected chi connectivity index (χ3v) is 8.36. The highest BCUT2D eigenvalue weighted by molar-refractivity contribution is 6.30. The minimum atomic E-state index is -0.823. The van der Waals surface area contributed by atoms with Crippen molar-refractivity contribution in [2.45, 2.75) is 77.2 Å². The fourth-order valence-electron chi connectivity index (χ4n) is 5.58. The average molecular weight is 699 g/mol. The fraction of sp³-hybridized carbons (Fsp3) is 0.455. The fourth-order valence-corrected chi connectivity index (χ4v) is 5.78. The van der Waals surface area contributed by atoms with Crippen LogP contribution in [0.2, 0.25) is 5.02 Å². The maximum Gasteiger partial charge on any atom is 0.407 e. The lowest BCUT2D eigenvalue weighted by atomic mass is 10.1. The third kappa shape index (κ3) is 9.16. The first-order chi connectivity index (χ1) is 23.2. The van der Waals surface area contributed by atoms with Crippen molar-refractivity contribution in [2.24, 2.45) is 5.73 Å². The van der Waals surface area contributed by atoms with E-state index in [1.54, 1.807) is 29.2 Å². The lowest BCUT2D eigenvalue weighted by Gasteiger charge is -2.33. The molecule has 5 rings (SSSR count). The molecule has 16 heteroatoms. The molecule has 14 nitrogen and oxygen atoms in total. The van der Waals surface area contributed by atoms with Crippen molar-refractivity contribution in [3.05, 3.63) is 58.5 Å². The number of ether oxygens (including phenoxy) is 1. The maximum atomic E-state index is 14.2. The number of hydrogen-bond acceptors (Lipinski definition) is 7. The van der Waals surface area contributed by atoms with Gasteiger partial charge in [0.1, 0.15) is 18.5 Å². The van der Waals surface area contributed by atoms with Crippen molar-refractivity contribution in [1.82, 2.24) is 30.2 Å². The van der Waals surface area contributed by atoms with Gasteiger partial charge in [-0.25, -0.2) is 14.0 Å². The second-order valence-electron chi connectivity index (χ2n) is 13.3. The van der Waals surface area contributed by atoms with E-state index in [2.05, 4.69) is 21.0 Å². The molecule has 1 atom stereocenters. The monoisotopic (exact) mass is 698 g/mol. The molecular formula is C33H40ClFN8O6. The number of likely N-dealkylation sites (tertiary alicyclic amines) is 1. The molecule has 262 valence electrons. The Kier molecular flexibility index (Phi) is 10.6. The van der Waals surface area contributed by atoms with Gasteiger partial charge < -0.3 is 36.2 Å². The Morgan fingerprint density at radius 2 is 1.88 bits per heavy atom. The molecule has 0 unspecified atom stereocenters. The number of benzene rings is 2. The zero-order valence-corrected chi connectivity index (χ0v) is 28.3. The molecule has 2 aliphatic rings. The van der Waals surface area contributed by atoms with Crippen LogP contribution in [0.1, 0.15) is 62.5 Å². The van der Waals surface area contributed by atoms with E-state index in [4.69, 9.17) is 22.1 Å². The summed E-state index contributed by atoms with van der Waals surface area (Å²) in [5.74, 6) is -2.31. The van der Waals surface area contributed by atoms with Gasteiger partial charge in [-0.05, 0) is 70.7 Å². The van der Waals surface area contributed by atoms with Crippen molar-refractivity contribution >= 4 is 58.0 Å². The highest BCUT2D eigenvalue weighted by Gasteiger charge is 2.34. The van der Waals surface area contributed by atoms with Crippen LogP contribution in [0.4, 0.5) is 19.7 Å². The number of nitrogens with one attached hydrogen (secondary N) is 3. The molecule has 0 bridgehead atoms. The standard InChI is InChI=1S/C33H40ClFN8O6/c1-33(2,3)39-32(48)49-22-7-5-13-41(16-22)31(47)38-20-9-12-25-23(14-20)29(30(36)46)40-43(25)18-27(45)42(21-10-11-21)17-26(44)37-15-19-6-4-8-24(34)28(19)35/h4,6,8-9,12,14,21-22H,5,7,10-11,13,15-18H2,1-3H3,(H2,36,46)(H,37,44)(H,38,47)(H,39,48)/t22-/m0/s1. The summed E-state index contributed by atoms with van der Waals surface area (Å²) < 4.78 is 21.1. The van der Waals surface area contributed by atoms with E-state index in [9.17, 15) is 28.4 Å². The van der Waals surface area contributed by atoms with Gasteiger partial charge in [-0.2, -0.15) is 5.10 Å². The van der Waals surface area contributed by atoms with Gasteiger partial charge in [-0.15, -0.1) is 0 Å². The van der Waals surface area contributed by atoms with Crippen molar-refractivity contribution in [2.75, 3.05) is 25.0 Å². The molecule has 1 saturated carbocycles. The number of carbonyl (C=O) groups excluding carboxylic acids is 5. The molecule has 1 saturated heterocycles. The predicted octanol–water partition coefficient (Wildman–Crippen LogP) is 3.76. The van der Waals surface area contributed by atoms with E-state index < -0.39 is 47.3 Å². The average Bonchev–Trinajstić information content (AvgIpc) is 3.81. The number of aromatic nitrogens is 2. The minimum absolute atomic E-state index is 0.0535. The first kappa shape index (κ1) is 35.4. The Balaban J connectivity index is 1.24. The van der Waals surface area contributed by atoms with E-state index >= 15 is 0 Å². The van der Waals surface area contributed by atoms with Crippen molar-refractivity contribution in [3.63, 3.8) is 0 Å². The number of rotatable bonds is 10. The molecule has 0 spiro atoms. The zero-order chi connectivity index (χ0) is 35.5.